The van der Waals surface area contributed by atoms with E-state index in [1.807, 2.05) is 6.92 Å². The second kappa shape index (κ2) is 4.83. The molecule has 1 unspecified atom stereocenters. The van der Waals surface area contributed by atoms with E-state index in [0.717, 1.165) is 0 Å². The summed E-state index contributed by atoms with van der Waals surface area (Å²) in [6.07, 6.45) is 1.53. The van der Waals surface area contributed by atoms with E-state index in [-0.39, 0.29) is 17.4 Å². The van der Waals surface area contributed by atoms with Gasteiger partial charge in [-0.2, -0.15) is 0 Å². The quantitative estimate of drug-likeness (QED) is 0.864. The molecule has 0 aliphatic heterocycles. The van der Waals surface area contributed by atoms with E-state index in [1.54, 1.807) is 12.1 Å². The van der Waals surface area contributed by atoms with Gasteiger partial charge in [0.05, 0.1) is 0 Å². The van der Waals surface area contributed by atoms with Crippen molar-refractivity contribution in [1.82, 2.24) is 10.3 Å². The van der Waals surface area contributed by atoms with E-state index in [4.69, 9.17) is 11.6 Å². The third-order valence-electron chi connectivity index (χ3n) is 2.60. The number of hydrogen-bond donors (Lipinski definition) is 1. The minimum absolute atomic E-state index is 0.0221. The summed E-state index contributed by atoms with van der Waals surface area (Å²) in [5.41, 5.74) is 0.373. The standard InChI is InChI=1S/C12H17ClN2O/c1-8(12(2,3)4)15-11(16)10-7-9(13)5-6-14-10/h5-8H,1-4H3,(H,15,16). The number of nitrogens with zero attached hydrogens (tertiary/aromatic N) is 1. The Balaban J connectivity index is 2.74. The summed E-state index contributed by atoms with van der Waals surface area (Å²) in [5.74, 6) is -0.190. The van der Waals surface area contributed by atoms with Gasteiger partial charge in [-0.3, -0.25) is 9.78 Å². The number of carbonyl (C=O) groups is 1. The molecule has 0 aliphatic carbocycles. The molecule has 16 heavy (non-hydrogen) atoms. The van der Waals surface area contributed by atoms with E-state index in [1.165, 1.54) is 6.20 Å². The van der Waals surface area contributed by atoms with Crippen LogP contribution in [-0.4, -0.2) is 16.9 Å². The minimum Gasteiger partial charge on any atom is -0.348 e. The highest BCUT2D eigenvalue weighted by molar-refractivity contribution is 6.30. The van der Waals surface area contributed by atoms with Crippen LogP contribution in [0.15, 0.2) is 18.3 Å². The first kappa shape index (κ1) is 13.0. The molecule has 1 aromatic rings. The van der Waals surface area contributed by atoms with Gasteiger partial charge in [-0.1, -0.05) is 32.4 Å². The molecular weight excluding hydrogens is 224 g/mol. The fraction of sp³-hybridized carbons (Fsp3) is 0.500. The van der Waals surface area contributed by atoms with Gasteiger partial charge in [0, 0.05) is 17.3 Å². The van der Waals surface area contributed by atoms with Crippen LogP contribution in [0.5, 0.6) is 0 Å². The summed E-state index contributed by atoms with van der Waals surface area (Å²) in [7, 11) is 0. The molecule has 0 radical (unpaired) electrons. The molecule has 1 aromatic heterocycles. The van der Waals surface area contributed by atoms with Crippen LogP contribution in [0.2, 0.25) is 5.02 Å². The fourth-order valence-corrected chi connectivity index (χ4v) is 1.18. The van der Waals surface area contributed by atoms with Crippen LogP contribution < -0.4 is 5.32 Å². The van der Waals surface area contributed by atoms with Crippen molar-refractivity contribution in [1.29, 1.82) is 0 Å². The number of carbonyl (C=O) groups excluding carboxylic acids is 1. The average Bonchev–Trinajstić information content (AvgIpc) is 2.16. The van der Waals surface area contributed by atoms with Crippen molar-refractivity contribution in [2.24, 2.45) is 5.41 Å². The Morgan fingerprint density at radius 3 is 2.62 bits per heavy atom. The molecule has 0 aromatic carbocycles. The Labute approximate surface area is 101 Å². The molecule has 0 saturated carbocycles. The number of pyridine rings is 1. The summed E-state index contributed by atoms with van der Waals surface area (Å²) in [6, 6.07) is 3.28. The molecule has 1 heterocycles. The van der Waals surface area contributed by atoms with Crippen LogP contribution in [0.25, 0.3) is 0 Å². The zero-order chi connectivity index (χ0) is 12.3. The summed E-state index contributed by atoms with van der Waals surface area (Å²) in [5, 5.41) is 3.42. The van der Waals surface area contributed by atoms with Crippen molar-refractivity contribution >= 4 is 17.5 Å². The lowest BCUT2D eigenvalue weighted by atomic mass is 9.88. The molecule has 0 bridgehead atoms. The third kappa shape index (κ3) is 3.49. The van der Waals surface area contributed by atoms with Crippen LogP contribution in [0, 0.1) is 5.41 Å². The smallest absolute Gasteiger partial charge is 0.270 e. The molecule has 1 N–H and O–H groups in total. The highest BCUT2D eigenvalue weighted by atomic mass is 35.5. The molecule has 1 amide bonds. The lowest BCUT2D eigenvalue weighted by Gasteiger charge is -2.27. The lowest BCUT2D eigenvalue weighted by Crippen LogP contribution is -2.41. The normalized spacial score (nSPS) is 13.3. The molecule has 0 saturated heterocycles. The summed E-state index contributed by atoms with van der Waals surface area (Å²) in [4.78, 5) is 15.8. The second-order valence-corrected chi connectivity index (χ2v) is 5.36. The van der Waals surface area contributed by atoms with Crippen molar-refractivity contribution in [3.63, 3.8) is 0 Å². The van der Waals surface area contributed by atoms with Crippen LogP contribution >= 0.6 is 11.6 Å². The topological polar surface area (TPSA) is 42.0 Å². The Morgan fingerprint density at radius 1 is 1.50 bits per heavy atom. The van der Waals surface area contributed by atoms with Crippen molar-refractivity contribution in [3.05, 3.63) is 29.0 Å². The van der Waals surface area contributed by atoms with Crippen LogP contribution in [0.1, 0.15) is 38.2 Å². The van der Waals surface area contributed by atoms with Crippen molar-refractivity contribution in [2.45, 2.75) is 33.7 Å². The van der Waals surface area contributed by atoms with Gasteiger partial charge in [-0.25, -0.2) is 0 Å². The molecular formula is C12H17ClN2O. The first-order valence-corrected chi connectivity index (χ1v) is 5.61. The predicted octanol–water partition coefficient (Wildman–Crippen LogP) is 2.90. The van der Waals surface area contributed by atoms with Crippen LogP contribution in [0.4, 0.5) is 0 Å². The monoisotopic (exact) mass is 240 g/mol. The molecule has 1 atom stereocenters. The highest BCUT2D eigenvalue weighted by Gasteiger charge is 2.22. The van der Waals surface area contributed by atoms with Gasteiger partial charge in [0.2, 0.25) is 0 Å². The van der Waals surface area contributed by atoms with Gasteiger partial charge in [0.1, 0.15) is 5.69 Å². The van der Waals surface area contributed by atoms with E-state index in [0.29, 0.717) is 10.7 Å². The minimum atomic E-state index is -0.190. The number of halogens is 1. The van der Waals surface area contributed by atoms with Crippen LogP contribution in [0.3, 0.4) is 0 Å². The maximum Gasteiger partial charge on any atom is 0.270 e. The van der Waals surface area contributed by atoms with Gasteiger partial charge in [0.25, 0.3) is 5.91 Å². The van der Waals surface area contributed by atoms with Gasteiger partial charge in [-0.15, -0.1) is 0 Å². The summed E-state index contributed by atoms with van der Waals surface area (Å²) < 4.78 is 0. The zero-order valence-corrected chi connectivity index (χ0v) is 10.8. The Bertz CT molecular complexity index is 385. The SMILES string of the molecule is CC(NC(=O)c1cc(Cl)ccn1)C(C)(C)C. The largest absolute Gasteiger partial charge is 0.348 e. The first-order valence-electron chi connectivity index (χ1n) is 5.23. The summed E-state index contributed by atoms with van der Waals surface area (Å²) in [6.45, 7) is 8.19. The Hall–Kier alpha value is -1.09. The fourth-order valence-electron chi connectivity index (χ4n) is 1.02. The third-order valence-corrected chi connectivity index (χ3v) is 2.84. The average molecular weight is 241 g/mol. The van der Waals surface area contributed by atoms with E-state index in [9.17, 15) is 4.79 Å². The Kier molecular flexibility index (Phi) is 3.92. The molecule has 4 heteroatoms. The first-order chi connectivity index (χ1) is 7.30. The molecule has 0 aliphatic rings. The molecule has 88 valence electrons. The maximum atomic E-state index is 11.8. The Morgan fingerprint density at radius 2 is 2.12 bits per heavy atom. The molecule has 0 fully saturated rings. The van der Waals surface area contributed by atoms with Gasteiger partial charge in [0.15, 0.2) is 0 Å². The maximum absolute atomic E-state index is 11.8. The number of nitrogens with one attached hydrogen (secondary N) is 1. The lowest BCUT2D eigenvalue weighted by molar-refractivity contribution is 0.0905. The van der Waals surface area contributed by atoms with Gasteiger partial charge in [-0.05, 0) is 24.5 Å². The van der Waals surface area contributed by atoms with Gasteiger partial charge >= 0.3 is 0 Å². The van der Waals surface area contributed by atoms with Gasteiger partial charge < -0.3 is 5.32 Å². The molecule has 3 nitrogen and oxygen atoms in total. The summed E-state index contributed by atoms with van der Waals surface area (Å²) >= 11 is 5.80. The van der Waals surface area contributed by atoms with Crippen molar-refractivity contribution < 1.29 is 4.79 Å². The molecule has 0 spiro atoms. The predicted molar refractivity (Wildman–Crippen MR) is 65.6 cm³/mol. The highest BCUT2D eigenvalue weighted by Crippen LogP contribution is 2.19. The van der Waals surface area contributed by atoms with E-state index < -0.39 is 0 Å². The number of hydrogen-bond acceptors (Lipinski definition) is 2. The number of aromatic nitrogens is 1. The van der Waals surface area contributed by atoms with Crippen molar-refractivity contribution in [2.75, 3.05) is 0 Å². The van der Waals surface area contributed by atoms with E-state index in [2.05, 4.69) is 31.1 Å². The van der Waals surface area contributed by atoms with Crippen LogP contribution in [-0.2, 0) is 0 Å². The number of rotatable bonds is 2. The number of amides is 1. The second-order valence-electron chi connectivity index (χ2n) is 4.92. The van der Waals surface area contributed by atoms with E-state index >= 15 is 0 Å². The molecule has 1 rings (SSSR count). The zero-order valence-electron chi connectivity index (χ0n) is 10.0. The van der Waals surface area contributed by atoms with Crippen molar-refractivity contribution in [3.8, 4) is 0 Å².